The molecule has 0 radical (unpaired) electrons. The Balaban J connectivity index is 1.74. The second kappa shape index (κ2) is 8.18. The Bertz CT molecular complexity index is 950. The van der Waals surface area contributed by atoms with Crippen LogP contribution >= 0.6 is 0 Å². The number of benzene rings is 3. The molecular formula is C21H19NO4. The number of ether oxygens (including phenoxy) is 2. The molecule has 0 aliphatic carbocycles. The standard InChI is InChI=1S/C21H19NO4/c1-25-20-13-15(8-11-21(23)22-24)7-10-19(20)26-14-16-6-9-17-4-2-3-5-18(17)12-16/h2-13,24H,14H2,1H3,(H,22,23)/b11-8+. The number of hydroxylamine groups is 1. The van der Waals surface area contributed by atoms with Gasteiger partial charge in [0, 0.05) is 6.08 Å². The third-order valence-corrected chi connectivity index (χ3v) is 3.93. The first kappa shape index (κ1) is 17.5. The van der Waals surface area contributed by atoms with Crippen molar-refractivity contribution < 1.29 is 19.5 Å². The highest BCUT2D eigenvalue weighted by atomic mass is 16.5. The van der Waals surface area contributed by atoms with Gasteiger partial charge in [0.05, 0.1) is 7.11 Å². The highest BCUT2D eigenvalue weighted by Gasteiger charge is 2.06. The zero-order valence-corrected chi connectivity index (χ0v) is 14.3. The minimum atomic E-state index is -0.597. The van der Waals surface area contributed by atoms with Gasteiger partial charge < -0.3 is 9.47 Å². The van der Waals surface area contributed by atoms with Crippen molar-refractivity contribution in [3.8, 4) is 11.5 Å². The molecule has 132 valence electrons. The molecule has 5 nitrogen and oxygen atoms in total. The Labute approximate surface area is 151 Å². The summed E-state index contributed by atoms with van der Waals surface area (Å²) < 4.78 is 11.3. The van der Waals surface area contributed by atoms with E-state index in [2.05, 4.69) is 24.3 Å². The lowest BCUT2D eigenvalue weighted by Gasteiger charge is -2.12. The predicted molar refractivity (Wildman–Crippen MR) is 100 cm³/mol. The van der Waals surface area contributed by atoms with E-state index in [4.69, 9.17) is 14.7 Å². The summed E-state index contributed by atoms with van der Waals surface area (Å²) in [6.07, 6.45) is 2.80. The first-order chi connectivity index (χ1) is 12.7. The number of hydrogen-bond acceptors (Lipinski definition) is 4. The molecule has 0 unspecified atom stereocenters. The molecule has 26 heavy (non-hydrogen) atoms. The molecule has 2 N–H and O–H groups in total. The second-order valence-corrected chi connectivity index (χ2v) is 5.69. The number of amides is 1. The van der Waals surface area contributed by atoms with Crippen LogP contribution in [0.1, 0.15) is 11.1 Å². The maximum absolute atomic E-state index is 11.1. The topological polar surface area (TPSA) is 67.8 Å². The van der Waals surface area contributed by atoms with E-state index in [0.29, 0.717) is 18.1 Å². The normalized spacial score (nSPS) is 10.8. The number of methoxy groups -OCH3 is 1. The van der Waals surface area contributed by atoms with Crippen molar-refractivity contribution in [3.05, 3.63) is 77.9 Å². The summed E-state index contributed by atoms with van der Waals surface area (Å²) in [6, 6.07) is 19.8. The molecule has 3 aromatic carbocycles. The van der Waals surface area contributed by atoms with Crippen molar-refractivity contribution in [1.82, 2.24) is 5.48 Å². The summed E-state index contributed by atoms with van der Waals surface area (Å²) >= 11 is 0. The van der Waals surface area contributed by atoms with Crippen molar-refractivity contribution in [3.63, 3.8) is 0 Å². The van der Waals surface area contributed by atoms with E-state index in [1.165, 1.54) is 16.8 Å². The summed E-state index contributed by atoms with van der Waals surface area (Å²) in [5, 5.41) is 10.9. The monoisotopic (exact) mass is 349 g/mol. The fourth-order valence-corrected chi connectivity index (χ4v) is 2.61. The van der Waals surface area contributed by atoms with Crippen molar-refractivity contribution >= 4 is 22.8 Å². The second-order valence-electron chi connectivity index (χ2n) is 5.69. The van der Waals surface area contributed by atoms with E-state index in [0.717, 1.165) is 11.1 Å². The lowest BCUT2D eigenvalue weighted by molar-refractivity contribution is -0.124. The molecule has 0 heterocycles. The molecule has 0 aromatic heterocycles. The van der Waals surface area contributed by atoms with Crippen LogP contribution in [0.15, 0.2) is 66.7 Å². The fourth-order valence-electron chi connectivity index (χ4n) is 2.61. The van der Waals surface area contributed by atoms with E-state index >= 15 is 0 Å². The smallest absolute Gasteiger partial charge is 0.267 e. The number of fused-ring (bicyclic) bond motifs is 1. The highest BCUT2D eigenvalue weighted by molar-refractivity contribution is 5.90. The van der Waals surface area contributed by atoms with E-state index < -0.39 is 5.91 Å². The zero-order valence-electron chi connectivity index (χ0n) is 14.3. The van der Waals surface area contributed by atoms with Crippen LogP contribution in [0.5, 0.6) is 11.5 Å². The summed E-state index contributed by atoms with van der Waals surface area (Å²) in [4.78, 5) is 11.1. The molecule has 3 rings (SSSR count). The molecule has 0 aliphatic heterocycles. The Morgan fingerprint density at radius 2 is 1.85 bits per heavy atom. The molecule has 0 aliphatic rings. The van der Waals surface area contributed by atoms with Gasteiger partial charge in [-0.25, -0.2) is 5.48 Å². The summed E-state index contributed by atoms with van der Waals surface area (Å²) in [6.45, 7) is 0.420. The molecule has 5 heteroatoms. The molecule has 1 amide bonds. The third kappa shape index (κ3) is 4.20. The van der Waals surface area contributed by atoms with Crippen molar-refractivity contribution in [2.75, 3.05) is 7.11 Å². The molecule has 0 fully saturated rings. The van der Waals surface area contributed by atoms with Gasteiger partial charge in [0.1, 0.15) is 6.61 Å². The van der Waals surface area contributed by atoms with E-state index in [-0.39, 0.29) is 0 Å². The average Bonchev–Trinajstić information content (AvgIpc) is 2.70. The number of hydrogen-bond donors (Lipinski definition) is 2. The van der Waals surface area contributed by atoms with E-state index in [1.807, 2.05) is 18.2 Å². The Morgan fingerprint density at radius 1 is 1.04 bits per heavy atom. The van der Waals surface area contributed by atoms with Gasteiger partial charge in [0.2, 0.25) is 0 Å². The molecule has 0 spiro atoms. The van der Waals surface area contributed by atoms with Gasteiger partial charge in [0.25, 0.3) is 5.91 Å². The van der Waals surface area contributed by atoms with Crippen molar-refractivity contribution in [2.24, 2.45) is 0 Å². The molecule has 3 aromatic rings. The summed E-state index contributed by atoms with van der Waals surface area (Å²) in [5.41, 5.74) is 3.36. The van der Waals surface area contributed by atoms with Crippen LogP contribution in [0.4, 0.5) is 0 Å². The number of rotatable bonds is 6. The van der Waals surface area contributed by atoms with E-state index in [1.54, 1.807) is 36.9 Å². The van der Waals surface area contributed by atoms with Gasteiger partial charge >= 0.3 is 0 Å². The fraction of sp³-hybridized carbons (Fsp3) is 0.0952. The van der Waals surface area contributed by atoms with Crippen molar-refractivity contribution in [1.29, 1.82) is 0 Å². The lowest BCUT2D eigenvalue weighted by Crippen LogP contribution is -2.14. The van der Waals surface area contributed by atoms with Gasteiger partial charge in [-0.15, -0.1) is 0 Å². The average molecular weight is 349 g/mol. The van der Waals surface area contributed by atoms with Crippen LogP contribution in [0, 0.1) is 0 Å². The summed E-state index contributed by atoms with van der Waals surface area (Å²) in [7, 11) is 1.56. The zero-order chi connectivity index (χ0) is 18.4. The van der Waals surface area contributed by atoms with Gasteiger partial charge in [-0.2, -0.15) is 0 Å². The first-order valence-electron chi connectivity index (χ1n) is 8.10. The third-order valence-electron chi connectivity index (χ3n) is 3.93. The van der Waals surface area contributed by atoms with Crippen molar-refractivity contribution in [2.45, 2.75) is 6.61 Å². The van der Waals surface area contributed by atoms with E-state index in [9.17, 15) is 4.79 Å². The van der Waals surface area contributed by atoms with Gasteiger partial charge in [-0.05, 0) is 46.2 Å². The molecule has 0 saturated carbocycles. The highest BCUT2D eigenvalue weighted by Crippen LogP contribution is 2.29. The maximum atomic E-state index is 11.1. The van der Waals surface area contributed by atoms with Gasteiger partial charge in [0.15, 0.2) is 11.5 Å². The molecule has 0 bridgehead atoms. The lowest BCUT2D eigenvalue weighted by atomic mass is 10.1. The predicted octanol–water partition coefficient (Wildman–Crippen LogP) is 3.95. The van der Waals surface area contributed by atoms with Crippen LogP contribution < -0.4 is 15.0 Å². The maximum Gasteiger partial charge on any atom is 0.267 e. The largest absolute Gasteiger partial charge is 0.493 e. The Kier molecular flexibility index (Phi) is 5.51. The first-order valence-corrected chi connectivity index (χ1v) is 8.10. The number of carbonyl (C=O) groups is 1. The minimum Gasteiger partial charge on any atom is -0.493 e. The minimum absolute atomic E-state index is 0.420. The quantitative estimate of drug-likeness (QED) is 0.402. The number of nitrogens with one attached hydrogen (secondary N) is 1. The van der Waals surface area contributed by atoms with Crippen LogP contribution in [0.3, 0.4) is 0 Å². The van der Waals surface area contributed by atoms with Crippen LogP contribution in [0.2, 0.25) is 0 Å². The van der Waals surface area contributed by atoms with Crippen LogP contribution in [-0.4, -0.2) is 18.2 Å². The van der Waals surface area contributed by atoms with Crippen LogP contribution in [-0.2, 0) is 11.4 Å². The van der Waals surface area contributed by atoms with Gasteiger partial charge in [-0.3, -0.25) is 10.0 Å². The Hall–Kier alpha value is -3.31. The number of carbonyl (C=O) groups excluding carboxylic acids is 1. The molecule has 0 saturated heterocycles. The molecule has 0 atom stereocenters. The molecular weight excluding hydrogens is 330 g/mol. The van der Waals surface area contributed by atoms with Gasteiger partial charge in [-0.1, -0.05) is 42.5 Å². The Morgan fingerprint density at radius 3 is 2.62 bits per heavy atom. The SMILES string of the molecule is COc1cc(/C=C/C(=O)NO)ccc1OCc1ccc2ccccc2c1. The summed E-state index contributed by atoms with van der Waals surface area (Å²) in [5.74, 6) is 0.586. The van der Waals surface area contributed by atoms with Crippen LogP contribution in [0.25, 0.3) is 16.8 Å².